The Hall–Kier alpha value is -1.56. The van der Waals surface area contributed by atoms with Gasteiger partial charge in [0.2, 0.25) is 11.7 Å². The van der Waals surface area contributed by atoms with Gasteiger partial charge in [0.25, 0.3) is 0 Å². The number of nitrogens with one attached hydrogen (secondary N) is 1. The predicted octanol–water partition coefficient (Wildman–Crippen LogP) is 2.80. The van der Waals surface area contributed by atoms with Crippen LogP contribution in [0.5, 0.6) is 0 Å². The average Bonchev–Trinajstić information content (AvgIpc) is 2.20. The molecule has 1 amide bonds. The van der Waals surface area contributed by atoms with Crippen LogP contribution in [0.4, 0.5) is 18.9 Å². The Kier molecular flexibility index (Phi) is 4.11. The summed E-state index contributed by atoms with van der Waals surface area (Å²) in [5.41, 5.74) is 0.161. The van der Waals surface area contributed by atoms with Crippen LogP contribution in [0, 0.1) is 0 Å². The lowest BCUT2D eigenvalue weighted by molar-refractivity contribution is -0.171. The molecule has 0 heterocycles. The van der Waals surface area contributed by atoms with Crippen LogP contribution >= 0.6 is 11.6 Å². The van der Waals surface area contributed by atoms with Crippen LogP contribution in [0.15, 0.2) is 24.3 Å². The zero-order valence-corrected chi connectivity index (χ0v) is 9.10. The highest BCUT2D eigenvalue weighted by molar-refractivity contribution is 6.33. The topological polar surface area (TPSA) is 46.2 Å². The van der Waals surface area contributed by atoms with Gasteiger partial charge in [0.1, 0.15) is 0 Å². The summed E-state index contributed by atoms with van der Waals surface area (Å²) in [4.78, 5) is 21.7. The van der Waals surface area contributed by atoms with Crippen molar-refractivity contribution in [3.63, 3.8) is 0 Å². The maximum absolute atomic E-state index is 11.9. The van der Waals surface area contributed by atoms with Crippen LogP contribution in [0.3, 0.4) is 0 Å². The predicted molar refractivity (Wildman–Crippen MR) is 55.8 cm³/mol. The molecule has 0 spiro atoms. The van der Waals surface area contributed by atoms with Crippen molar-refractivity contribution in [1.82, 2.24) is 0 Å². The van der Waals surface area contributed by atoms with Gasteiger partial charge in [-0.25, -0.2) is 0 Å². The Labute approximate surface area is 99.6 Å². The number of carbonyl (C=O) groups is 2. The van der Waals surface area contributed by atoms with Crippen molar-refractivity contribution in [1.29, 1.82) is 0 Å². The molecule has 17 heavy (non-hydrogen) atoms. The van der Waals surface area contributed by atoms with Crippen molar-refractivity contribution in [3.8, 4) is 0 Å². The number of benzene rings is 1. The fourth-order valence-electron chi connectivity index (χ4n) is 1.00. The Morgan fingerprint density at radius 2 is 1.82 bits per heavy atom. The first-order valence-electron chi connectivity index (χ1n) is 4.45. The lowest BCUT2D eigenvalue weighted by Gasteiger charge is -2.07. The normalized spacial score (nSPS) is 11.1. The quantitative estimate of drug-likeness (QED) is 0.854. The van der Waals surface area contributed by atoms with E-state index in [4.69, 9.17) is 11.6 Å². The Morgan fingerprint density at radius 1 is 1.24 bits per heavy atom. The standard InChI is InChI=1S/C10H7ClF3NO2/c11-6-3-1-2-4-7(6)15-9(17)5-8(16)10(12,13)14/h1-4H,5H2,(H,15,17). The fourth-order valence-corrected chi connectivity index (χ4v) is 1.19. The van der Waals surface area contributed by atoms with Crippen LogP contribution in [-0.2, 0) is 9.59 Å². The van der Waals surface area contributed by atoms with Gasteiger partial charge in [-0.1, -0.05) is 23.7 Å². The van der Waals surface area contributed by atoms with E-state index < -0.39 is 24.3 Å². The average molecular weight is 266 g/mol. The summed E-state index contributed by atoms with van der Waals surface area (Å²) < 4.78 is 35.6. The number of carbonyl (C=O) groups excluding carboxylic acids is 2. The van der Waals surface area contributed by atoms with Crippen molar-refractivity contribution in [2.45, 2.75) is 12.6 Å². The van der Waals surface area contributed by atoms with E-state index in [1.54, 1.807) is 12.1 Å². The van der Waals surface area contributed by atoms with Crippen molar-refractivity contribution < 1.29 is 22.8 Å². The molecule has 0 aromatic heterocycles. The Morgan fingerprint density at radius 3 is 2.35 bits per heavy atom. The molecule has 0 radical (unpaired) electrons. The molecule has 7 heteroatoms. The van der Waals surface area contributed by atoms with Gasteiger partial charge in [0, 0.05) is 0 Å². The molecular formula is C10H7ClF3NO2. The minimum atomic E-state index is -5.00. The third-order valence-corrected chi connectivity index (χ3v) is 2.11. The molecule has 0 fully saturated rings. The molecule has 1 aromatic rings. The third kappa shape index (κ3) is 4.07. The summed E-state index contributed by atoms with van der Waals surface area (Å²) in [6, 6.07) is 6.02. The molecule has 0 saturated carbocycles. The van der Waals surface area contributed by atoms with Gasteiger partial charge in [-0.05, 0) is 12.1 Å². The molecule has 0 unspecified atom stereocenters. The highest BCUT2D eigenvalue weighted by Gasteiger charge is 2.39. The minimum absolute atomic E-state index is 0.161. The molecule has 0 aliphatic heterocycles. The van der Waals surface area contributed by atoms with E-state index in [-0.39, 0.29) is 10.7 Å². The molecule has 1 aromatic carbocycles. The number of rotatable bonds is 3. The maximum Gasteiger partial charge on any atom is 0.450 e. The zero-order valence-electron chi connectivity index (χ0n) is 8.34. The third-order valence-electron chi connectivity index (χ3n) is 1.79. The lowest BCUT2D eigenvalue weighted by atomic mass is 10.2. The van der Waals surface area contributed by atoms with Crippen molar-refractivity contribution in [2.24, 2.45) is 0 Å². The van der Waals surface area contributed by atoms with Gasteiger partial charge in [0.15, 0.2) is 0 Å². The number of anilines is 1. The second-order valence-corrected chi connectivity index (χ2v) is 3.53. The molecule has 0 saturated heterocycles. The van der Waals surface area contributed by atoms with Crippen molar-refractivity contribution >= 4 is 29.0 Å². The number of Topliss-reactive ketones (excluding diaryl/α,β-unsaturated/α-hetero) is 1. The SMILES string of the molecule is O=C(CC(=O)C(F)(F)F)Nc1ccccc1Cl. The van der Waals surface area contributed by atoms with Crippen LogP contribution in [0.2, 0.25) is 5.02 Å². The fraction of sp³-hybridized carbons (Fsp3) is 0.200. The van der Waals surface area contributed by atoms with Crippen LogP contribution in [-0.4, -0.2) is 17.9 Å². The molecule has 1 N–H and O–H groups in total. The number of amides is 1. The largest absolute Gasteiger partial charge is 0.450 e. The van der Waals surface area contributed by atoms with E-state index >= 15 is 0 Å². The Bertz CT molecular complexity index is 445. The van der Waals surface area contributed by atoms with Crippen LogP contribution in [0.1, 0.15) is 6.42 Å². The smallest absolute Gasteiger partial charge is 0.324 e. The zero-order chi connectivity index (χ0) is 13.1. The van der Waals surface area contributed by atoms with Crippen LogP contribution < -0.4 is 5.32 Å². The molecule has 92 valence electrons. The molecule has 3 nitrogen and oxygen atoms in total. The molecule has 0 aliphatic rings. The number of hydrogen-bond donors (Lipinski definition) is 1. The molecule has 0 aliphatic carbocycles. The van der Waals surface area contributed by atoms with E-state index in [1.165, 1.54) is 12.1 Å². The van der Waals surface area contributed by atoms with Gasteiger partial charge in [-0.3, -0.25) is 9.59 Å². The molecule has 1 rings (SSSR count). The van der Waals surface area contributed by atoms with Gasteiger partial charge in [-0.2, -0.15) is 13.2 Å². The molecule has 0 atom stereocenters. The maximum atomic E-state index is 11.9. The van der Waals surface area contributed by atoms with Gasteiger partial charge < -0.3 is 5.32 Å². The van der Waals surface area contributed by atoms with Gasteiger partial charge >= 0.3 is 6.18 Å². The number of ketones is 1. The number of para-hydroxylation sites is 1. The monoisotopic (exact) mass is 265 g/mol. The summed E-state index contributed by atoms with van der Waals surface area (Å²) in [6.45, 7) is 0. The summed E-state index contributed by atoms with van der Waals surface area (Å²) in [6.07, 6.45) is -6.26. The number of halogens is 4. The summed E-state index contributed by atoms with van der Waals surface area (Å²) in [5.74, 6) is -3.15. The van der Waals surface area contributed by atoms with E-state index in [1.807, 2.05) is 0 Å². The Balaban J connectivity index is 2.63. The van der Waals surface area contributed by atoms with E-state index in [9.17, 15) is 22.8 Å². The highest BCUT2D eigenvalue weighted by Crippen LogP contribution is 2.22. The number of alkyl halides is 3. The second kappa shape index (κ2) is 5.18. The summed E-state index contributed by atoms with van der Waals surface area (Å²) >= 11 is 5.67. The lowest BCUT2D eigenvalue weighted by Crippen LogP contribution is -2.27. The van der Waals surface area contributed by atoms with Gasteiger partial charge in [0.05, 0.1) is 17.1 Å². The second-order valence-electron chi connectivity index (χ2n) is 3.13. The highest BCUT2D eigenvalue weighted by atomic mass is 35.5. The first-order chi connectivity index (χ1) is 7.80. The molecular weight excluding hydrogens is 259 g/mol. The summed E-state index contributed by atoms with van der Waals surface area (Å²) in [7, 11) is 0. The van der Waals surface area contributed by atoms with Crippen LogP contribution in [0.25, 0.3) is 0 Å². The molecule has 0 bridgehead atoms. The first-order valence-corrected chi connectivity index (χ1v) is 4.83. The van der Waals surface area contributed by atoms with E-state index in [0.717, 1.165) is 0 Å². The van der Waals surface area contributed by atoms with Crippen molar-refractivity contribution in [3.05, 3.63) is 29.3 Å². The number of hydrogen-bond acceptors (Lipinski definition) is 2. The van der Waals surface area contributed by atoms with E-state index in [2.05, 4.69) is 5.32 Å². The minimum Gasteiger partial charge on any atom is -0.324 e. The van der Waals surface area contributed by atoms with Gasteiger partial charge in [-0.15, -0.1) is 0 Å². The first kappa shape index (κ1) is 13.5. The summed E-state index contributed by atoms with van der Waals surface area (Å²) in [5, 5.41) is 2.30. The van der Waals surface area contributed by atoms with E-state index in [0.29, 0.717) is 0 Å². The van der Waals surface area contributed by atoms with Crippen molar-refractivity contribution in [2.75, 3.05) is 5.32 Å².